The van der Waals surface area contributed by atoms with Crippen LogP contribution in [-0.2, 0) is 34.6 Å². The van der Waals surface area contributed by atoms with Gasteiger partial charge in [0.05, 0.1) is 20.7 Å². The molecular weight excluding hydrogens is 302 g/mol. The second kappa shape index (κ2) is 6.78. The van der Waals surface area contributed by atoms with E-state index in [1.807, 2.05) is 11.6 Å². The number of hydrogen-bond donors (Lipinski definition) is 1. The first-order valence-corrected chi connectivity index (χ1v) is 7.44. The van der Waals surface area contributed by atoms with E-state index in [9.17, 15) is 22.6 Å². The third-order valence-electron chi connectivity index (χ3n) is 3.02. The molecule has 0 saturated heterocycles. The molecule has 0 fully saturated rings. The second-order valence-corrected chi connectivity index (χ2v) is 5.57. The van der Waals surface area contributed by atoms with Crippen molar-refractivity contribution >= 4 is 16.3 Å². The second-order valence-electron chi connectivity index (χ2n) is 4.42. The van der Waals surface area contributed by atoms with E-state index in [4.69, 9.17) is 5.73 Å². The maximum atomic E-state index is 11.9. The molecule has 21 heavy (non-hydrogen) atoms. The Morgan fingerprint density at radius 2 is 2.05 bits per heavy atom. The molecule has 1 aliphatic heterocycles. The van der Waals surface area contributed by atoms with Crippen molar-refractivity contribution in [2.45, 2.75) is 25.8 Å². The van der Waals surface area contributed by atoms with Crippen molar-refractivity contribution in [2.24, 2.45) is 12.8 Å². The fourth-order valence-corrected chi connectivity index (χ4v) is 2.04. The molecule has 118 valence electrons. The SMILES string of the molecule is COS(=O)(=O)[O-].C[n+]1cc(C(N)=O)c(=O)n2c1CCCC2. The number of primary amides is 1. The average molecular weight is 319 g/mol. The van der Waals surface area contributed by atoms with E-state index in [1.54, 1.807) is 4.57 Å². The Morgan fingerprint density at radius 1 is 1.48 bits per heavy atom. The fourth-order valence-electron chi connectivity index (χ4n) is 2.04. The largest absolute Gasteiger partial charge is 0.726 e. The zero-order chi connectivity index (χ0) is 16.2. The predicted molar refractivity (Wildman–Crippen MR) is 70.0 cm³/mol. The Bertz CT molecular complexity index is 695. The Balaban J connectivity index is 0.000000315. The van der Waals surface area contributed by atoms with Gasteiger partial charge in [0, 0.05) is 6.42 Å². The van der Waals surface area contributed by atoms with Gasteiger partial charge in [-0.2, -0.15) is 4.57 Å². The number of nitrogens with zero attached hydrogens (tertiary/aromatic N) is 2. The quantitative estimate of drug-likeness (QED) is 0.388. The third kappa shape index (κ3) is 4.62. The molecule has 1 amide bonds. The summed E-state index contributed by atoms with van der Waals surface area (Å²) in [5, 5.41) is 0. The number of rotatable bonds is 2. The molecule has 0 radical (unpaired) electrons. The van der Waals surface area contributed by atoms with Gasteiger partial charge in [-0.1, -0.05) is 0 Å². The van der Waals surface area contributed by atoms with Crippen molar-refractivity contribution in [2.75, 3.05) is 7.11 Å². The standard InChI is InChI=1S/C10H13N3O2.CH4O4S/c1-12-6-7(9(11)14)10(15)13-5-3-2-4-8(12)13;1-5-6(2,3)4/h6H,2-5H2,1H3,(H-,11,14);1H3,(H,2,3,4). The summed E-state index contributed by atoms with van der Waals surface area (Å²) in [5.41, 5.74) is 4.97. The Hall–Kier alpha value is -1.78. The Labute approximate surface area is 121 Å². The van der Waals surface area contributed by atoms with Gasteiger partial charge in [0.1, 0.15) is 6.20 Å². The Morgan fingerprint density at radius 3 is 2.52 bits per heavy atom. The van der Waals surface area contributed by atoms with E-state index in [2.05, 4.69) is 4.18 Å². The monoisotopic (exact) mass is 319 g/mol. The number of hydrogen-bond acceptors (Lipinski definition) is 6. The first-order valence-electron chi connectivity index (χ1n) is 6.11. The lowest BCUT2D eigenvalue weighted by Gasteiger charge is -2.13. The first-order chi connectivity index (χ1) is 9.67. The van der Waals surface area contributed by atoms with Crippen molar-refractivity contribution in [1.29, 1.82) is 0 Å². The number of amides is 1. The number of fused-ring (bicyclic) bond motifs is 1. The summed E-state index contributed by atoms with van der Waals surface area (Å²) in [6, 6.07) is 0. The normalized spacial score (nSPS) is 13.9. The van der Waals surface area contributed by atoms with E-state index >= 15 is 0 Å². The molecule has 9 nitrogen and oxygen atoms in total. The molecule has 0 unspecified atom stereocenters. The lowest BCUT2D eigenvalue weighted by molar-refractivity contribution is -0.685. The van der Waals surface area contributed by atoms with Crippen LogP contribution in [-0.4, -0.2) is 30.6 Å². The van der Waals surface area contributed by atoms with Crippen LogP contribution in [0.2, 0.25) is 0 Å². The minimum atomic E-state index is -4.41. The predicted octanol–water partition coefficient (Wildman–Crippen LogP) is -1.80. The summed E-state index contributed by atoms with van der Waals surface area (Å²) in [6.07, 6.45) is 4.48. The summed E-state index contributed by atoms with van der Waals surface area (Å²) in [5.74, 6) is 0.313. The molecule has 0 bridgehead atoms. The van der Waals surface area contributed by atoms with Crippen molar-refractivity contribution in [3.05, 3.63) is 27.9 Å². The summed E-state index contributed by atoms with van der Waals surface area (Å²) in [6.45, 7) is 0.684. The fraction of sp³-hybridized carbons (Fsp3) is 0.545. The molecule has 2 heterocycles. The highest BCUT2D eigenvalue weighted by Gasteiger charge is 2.24. The van der Waals surface area contributed by atoms with Gasteiger partial charge in [-0.15, -0.1) is 0 Å². The van der Waals surface area contributed by atoms with Crippen LogP contribution < -0.4 is 15.9 Å². The summed E-state index contributed by atoms with van der Waals surface area (Å²) >= 11 is 0. The highest BCUT2D eigenvalue weighted by molar-refractivity contribution is 7.80. The van der Waals surface area contributed by atoms with Crippen LogP contribution >= 0.6 is 0 Å². The number of aryl methyl sites for hydroxylation is 1. The van der Waals surface area contributed by atoms with Crippen LogP contribution in [0.1, 0.15) is 29.0 Å². The molecular formula is C11H17N3O6S. The topological polar surface area (TPSA) is 135 Å². The van der Waals surface area contributed by atoms with Crippen LogP contribution in [0.5, 0.6) is 0 Å². The van der Waals surface area contributed by atoms with Gasteiger partial charge < -0.3 is 10.3 Å². The summed E-state index contributed by atoms with van der Waals surface area (Å²) in [4.78, 5) is 22.9. The minimum Gasteiger partial charge on any atom is -0.726 e. The first kappa shape index (κ1) is 17.3. The van der Waals surface area contributed by atoms with Crippen LogP contribution in [0, 0.1) is 0 Å². The van der Waals surface area contributed by atoms with E-state index in [-0.39, 0.29) is 11.1 Å². The van der Waals surface area contributed by atoms with Gasteiger partial charge in [0.25, 0.3) is 11.7 Å². The number of nitrogens with two attached hydrogens (primary N) is 1. The zero-order valence-electron chi connectivity index (χ0n) is 11.7. The maximum absolute atomic E-state index is 11.9. The molecule has 0 aliphatic carbocycles. The third-order valence-corrected chi connectivity index (χ3v) is 3.43. The molecule has 0 aromatic carbocycles. The van der Waals surface area contributed by atoms with Crippen LogP contribution in [0.4, 0.5) is 0 Å². The van der Waals surface area contributed by atoms with Gasteiger partial charge in [-0.25, -0.2) is 17.8 Å². The van der Waals surface area contributed by atoms with Gasteiger partial charge in [-0.3, -0.25) is 8.98 Å². The number of aromatic nitrogens is 2. The molecule has 1 aromatic heterocycles. The van der Waals surface area contributed by atoms with Gasteiger partial charge >= 0.3 is 5.56 Å². The molecule has 0 spiro atoms. The van der Waals surface area contributed by atoms with Gasteiger partial charge in [-0.05, 0) is 12.8 Å². The number of carbonyl (C=O) groups is 1. The lowest BCUT2D eigenvalue weighted by Crippen LogP contribution is -2.47. The summed E-state index contributed by atoms with van der Waals surface area (Å²) in [7, 11) is -1.77. The highest BCUT2D eigenvalue weighted by Crippen LogP contribution is 2.08. The lowest BCUT2D eigenvalue weighted by atomic mass is 10.1. The maximum Gasteiger partial charge on any atom is 0.350 e. The average Bonchev–Trinajstić information content (AvgIpc) is 2.42. The van der Waals surface area contributed by atoms with Crippen molar-refractivity contribution in [3.63, 3.8) is 0 Å². The van der Waals surface area contributed by atoms with Crippen molar-refractivity contribution in [1.82, 2.24) is 4.57 Å². The minimum absolute atomic E-state index is 0.0724. The Kier molecular flexibility index (Phi) is 5.58. The van der Waals surface area contributed by atoms with Gasteiger partial charge in [0.15, 0.2) is 5.56 Å². The smallest absolute Gasteiger partial charge is 0.350 e. The van der Waals surface area contributed by atoms with E-state index in [0.29, 0.717) is 6.54 Å². The van der Waals surface area contributed by atoms with Crippen LogP contribution in [0.15, 0.2) is 11.0 Å². The molecule has 2 N–H and O–H groups in total. The van der Waals surface area contributed by atoms with Crippen LogP contribution in [0.3, 0.4) is 0 Å². The van der Waals surface area contributed by atoms with Crippen molar-refractivity contribution in [3.8, 4) is 0 Å². The van der Waals surface area contributed by atoms with E-state index < -0.39 is 16.3 Å². The van der Waals surface area contributed by atoms with Crippen LogP contribution in [0.25, 0.3) is 0 Å². The number of carbonyl (C=O) groups excluding carboxylic acids is 1. The van der Waals surface area contributed by atoms with Gasteiger partial charge in [0.2, 0.25) is 10.4 Å². The van der Waals surface area contributed by atoms with Crippen molar-refractivity contribution < 1.29 is 26.5 Å². The molecule has 2 rings (SSSR count). The molecule has 1 aromatic rings. The molecule has 0 saturated carbocycles. The van der Waals surface area contributed by atoms with E-state index in [1.165, 1.54) is 6.20 Å². The van der Waals surface area contributed by atoms with E-state index in [0.717, 1.165) is 32.2 Å². The molecule has 1 aliphatic rings. The molecule has 10 heteroatoms. The zero-order valence-corrected chi connectivity index (χ0v) is 12.6. The molecule has 0 atom stereocenters. The summed E-state index contributed by atoms with van der Waals surface area (Å²) < 4.78 is 34.5. The highest BCUT2D eigenvalue weighted by atomic mass is 32.3.